The molecule has 3 saturated carbocycles. The predicted molar refractivity (Wildman–Crippen MR) is 96.9 cm³/mol. The summed E-state index contributed by atoms with van der Waals surface area (Å²) in [6.07, 6.45) is 11.3. The molecule has 25 heavy (non-hydrogen) atoms. The number of carbonyl (C=O) groups excluding carboxylic acids is 2. The van der Waals surface area contributed by atoms with E-state index in [9.17, 15) is 9.59 Å². The highest BCUT2D eigenvalue weighted by Gasteiger charge is 2.59. The number of hydrogen-bond acceptors (Lipinski definition) is 3. The lowest BCUT2D eigenvalue weighted by atomic mass is 9.47. The van der Waals surface area contributed by atoms with Gasteiger partial charge in [0.25, 0.3) is 0 Å². The van der Waals surface area contributed by atoms with E-state index in [2.05, 4.69) is 13.8 Å². The second-order valence-corrected chi connectivity index (χ2v) is 9.42. The van der Waals surface area contributed by atoms with Gasteiger partial charge in [-0.1, -0.05) is 26.3 Å². The molecule has 5 unspecified atom stereocenters. The van der Waals surface area contributed by atoms with E-state index in [0.29, 0.717) is 24.0 Å². The summed E-state index contributed by atoms with van der Waals surface area (Å²) in [5.74, 6) is 2.41. The van der Waals surface area contributed by atoms with E-state index in [1.54, 1.807) is 0 Å². The van der Waals surface area contributed by atoms with Gasteiger partial charge in [-0.25, -0.2) is 0 Å². The molecule has 3 nitrogen and oxygen atoms in total. The summed E-state index contributed by atoms with van der Waals surface area (Å²) in [4.78, 5) is 23.8. The molecule has 0 heterocycles. The lowest BCUT2D eigenvalue weighted by Crippen LogP contribution is -2.51. The maximum Gasteiger partial charge on any atom is 0.305 e. The van der Waals surface area contributed by atoms with Crippen molar-refractivity contribution in [2.24, 2.45) is 28.6 Å². The third kappa shape index (κ3) is 2.52. The van der Waals surface area contributed by atoms with Crippen LogP contribution in [0.4, 0.5) is 0 Å². The van der Waals surface area contributed by atoms with Crippen LogP contribution in [0.2, 0.25) is 0 Å². The second-order valence-electron chi connectivity index (χ2n) is 9.42. The summed E-state index contributed by atoms with van der Waals surface area (Å²) < 4.78 is 5.86. The maximum absolute atomic E-state index is 11.9. The maximum atomic E-state index is 11.9. The van der Waals surface area contributed by atoms with E-state index in [1.165, 1.54) is 24.8 Å². The first-order valence-electron chi connectivity index (χ1n) is 10.3. The van der Waals surface area contributed by atoms with Gasteiger partial charge < -0.3 is 4.74 Å². The van der Waals surface area contributed by atoms with Crippen LogP contribution in [0.1, 0.15) is 78.6 Å². The zero-order valence-corrected chi connectivity index (χ0v) is 16.0. The molecular formula is C22H32O3. The van der Waals surface area contributed by atoms with Crippen molar-refractivity contribution < 1.29 is 14.3 Å². The number of hydrogen-bond donors (Lipinski definition) is 0. The van der Waals surface area contributed by atoms with Gasteiger partial charge in [0.1, 0.15) is 6.10 Å². The molecule has 4 aliphatic carbocycles. The number of rotatable bonds is 2. The minimum atomic E-state index is -0.0411. The van der Waals surface area contributed by atoms with Crippen molar-refractivity contribution in [3.05, 3.63) is 11.6 Å². The first-order valence-corrected chi connectivity index (χ1v) is 10.3. The Kier molecular flexibility index (Phi) is 4.12. The fourth-order valence-electron chi connectivity index (χ4n) is 6.95. The third-order valence-electron chi connectivity index (χ3n) is 8.44. The topological polar surface area (TPSA) is 43.4 Å². The molecule has 0 aromatic carbocycles. The van der Waals surface area contributed by atoms with Gasteiger partial charge in [-0.05, 0) is 74.2 Å². The molecule has 138 valence electrons. The Morgan fingerprint density at radius 1 is 1.12 bits per heavy atom. The minimum Gasteiger partial charge on any atom is -0.462 e. The molecule has 0 aliphatic heterocycles. The molecule has 4 aliphatic rings. The molecular weight excluding hydrogens is 312 g/mol. The van der Waals surface area contributed by atoms with Crippen molar-refractivity contribution in [3.63, 3.8) is 0 Å². The summed E-state index contributed by atoms with van der Waals surface area (Å²) in [6, 6.07) is 0. The number of fused-ring (bicyclic) bond motifs is 5. The van der Waals surface area contributed by atoms with Crippen molar-refractivity contribution in [2.45, 2.75) is 84.7 Å². The molecule has 3 heteroatoms. The van der Waals surface area contributed by atoms with Crippen molar-refractivity contribution in [1.29, 1.82) is 0 Å². The SMILES string of the molecule is CCC(=O)O[C@@H]1CCC2C3CCC4=CC(=O)CCC4(C)C3CCC21C. The van der Waals surface area contributed by atoms with Gasteiger partial charge >= 0.3 is 5.97 Å². The van der Waals surface area contributed by atoms with Gasteiger partial charge in [0.15, 0.2) is 5.78 Å². The standard InChI is InChI=1S/C22H32O3/c1-4-20(24)25-19-8-7-17-16-6-5-14-13-15(23)9-11-21(14,2)18(16)10-12-22(17,19)3/h13,16-19H,4-12H2,1-3H3/t16?,17?,18?,19-,21?,22?/m1/s1. The average Bonchev–Trinajstić information content (AvgIpc) is 2.92. The molecule has 0 saturated heterocycles. The number of allylic oxidation sites excluding steroid dienone is 1. The van der Waals surface area contributed by atoms with Crippen molar-refractivity contribution in [3.8, 4) is 0 Å². The first kappa shape index (κ1) is 17.3. The average molecular weight is 344 g/mol. The van der Waals surface area contributed by atoms with E-state index in [0.717, 1.165) is 38.0 Å². The Labute approximate surface area is 151 Å². The van der Waals surface area contributed by atoms with Crippen LogP contribution in [-0.4, -0.2) is 17.9 Å². The molecule has 0 radical (unpaired) electrons. The van der Waals surface area contributed by atoms with E-state index in [4.69, 9.17) is 4.74 Å². The highest BCUT2D eigenvalue weighted by Crippen LogP contribution is 2.65. The van der Waals surface area contributed by atoms with Gasteiger partial charge in [0.2, 0.25) is 0 Å². The van der Waals surface area contributed by atoms with Gasteiger partial charge in [-0.2, -0.15) is 0 Å². The predicted octanol–water partition coefficient (Wildman–Crippen LogP) is 4.84. The summed E-state index contributed by atoms with van der Waals surface area (Å²) in [6.45, 7) is 6.69. The van der Waals surface area contributed by atoms with E-state index < -0.39 is 0 Å². The van der Waals surface area contributed by atoms with Gasteiger partial charge in [0.05, 0.1) is 0 Å². The second kappa shape index (κ2) is 5.96. The summed E-state index contributed by atoms with van der Waals surface area (Å²) in [5, 5.41) is 0. The van der Waals surface area contributed by atoms with Gasteiger partial charge in [0, 0.05) is 18.3 Å². The lowest BCUT2D eigenvalue weighted by Gasteiger charge is -2.57. The van der Waals surface area contributed by atoms with E-state index >= 15 is 0 Å². The zero-order valence-electron chi connectivity index (χ0n) is 16.0. The highest BCUT2D eigenvalue weighted by molar-refractivity contribution is 5.91. The summed E-state index contributed by atoms with van der Waals surface area (Å²) in [7, 11) is 0. The molecule has 0 spiro atoms. The smallest absolute Gasteiger partial charge is 0.305 e. The number of ketones is 1. The molecule has 0 bridgehead atoms. The molecule has 0 amide bonds. The minimum absolute atomic E-state index is 0.0411. The summed E-state index contributed by atoms with van der Waals surface area (Å²) in [5.41, 5.74) is 1.82. The van der Waals surface area contributed by atoms with Crippen molar-refractivity contribution in [1.82, 2.24) is 0 Å². The molecule has 0 N–H and O–H groups in total. The normalized spacial score (nSPS) is 45.9. The molecule has 4 rings (SSSR count). The fourth-order valence-corrected chi connectivity index (χ4v) is 6.95. The lowest BCUT2D eigenvalue weighted by molar-refractivity contribution is -0.159. The molecule has 6 atom stereocenters. The van der Waals surface area contributed by atoms with Gasteiger partial charge in [-0.3, -0.25) is 9.59 Å². The first-order chi connectivity index (χ1) is 11.9. The zero-order chi connectivity index (χ0) is 17.8. The van der Waals surface area contributed by atoms with Crippen LogP contribution in [0.15, 0.2) is 11.6 Å². The molecule has 3 fully saturated rings. The summed E-state index contributed by atoms with van der Waals surface area (Å²) >= 11 is 0. The van der Waals surface area contributed by atoms with Crippen LogP contribution in [0.5, 0.6) is 0 Å². The largest absolute Gasteiger partial charge is 0.462 e. The van der Waals surface area contributed by atoms with Crippen LogP contribution in [0.25, 0.3) is 0 Å². The van der Waals surface area contributed by atoms with Crippen molar-refractivity contribution >= 4 is 11.8 Å². The van der Waals surface area contributed by atoms with E-state index in [1.807, 2.05) is 13.0 Å². The van der Waals surface area contributed by atoms with Crippen LogP contribution in [0.3, 0.4) is 0 Å². The highest BCUT2D eigenvalue weighted by atomic mass is 16.5. The molecule has 0 aromatic rings. The van der Waals surface area contributed by atoms with Crippen LogP contribution in [0, 0.1) is 28.6 Å². The number of ether oxygens (including phenoxy) is 1. The van der Waals surface area contributed by atoms with Crippen LogP contribution < -0.4 is 0 Å². The Hall–Kier alpha value is -1.12. The van der Waals surface area contributed by atoms with E-state index in [-0.39, 0.29) is 22.9 Å². The monoisotopic (exact) mass is 344 g/mol. The van der Waals surface area contributed by atoms with Crippen LogP contribution >= 0.6 is 0 Å². The Morgan fingerprint density at radius 3 is 2.68 bits per heavy atom. The van der Waals surface area contributed by atoms with Gasteiger partial charge in [-0.15, -0.1) is 0 Å². The fraction of sp³-hybridized carbons (Fsp3) is 0.818. The quantitative estimate of drug-likeness (QED) is 0.673. The number of carbonyl (C=O) groups is 2. The number of esters is 1. The molecule has 0 aromatic heterocycles. The third-order valence-corrected chi connectivity index (χ3v) is 8.44. The Morgan fingerprint density at radius 2 is 1.92 bits per heavy atom. The Balaban J connectivity index is 1.59. The Bertz CT molecular complexity index is 621. The van der Waals surface area contributed by atoms with Crippen molar-refractivity contribution in [2.75, 3.05) is 0 Å². The van der Waals surface area contributed by atoms with Crippen LogP contribution in [-0.2, 0) is 14.3 Å².